The van der Waals surface area contributed by atoms with E-state index in [4.69, 9.17) is 18.9 Å². The van der Waals surface area contributed by atoms with E-state index < -0.39 is 11.7 Å². The Bertz CT molecular complexity index is 901. The molecule has 7 nitrogen and oxygen atoms in total. The summed E-state index contributed by atoms with van der Waals surface area (Å²) >= 11 is 0. The van der Waals surface area contributed by atoms with Crippen molar-refractivity contribution in [1.29, 1.82) is 0 Å². The van der Waals surface area contributed by atoms with Crippen LogP contribution in [0.5, 0.6) is 28.7 Å². The molecule has 2 N–H and O–H groups in total. The van der Waals surface area contributed by atoms with E-state index in [1.807, 2.05) is 0 Å². The summed E-state index contributed by atoms with van der Waals surface area (Å²) in [5, 5.41) is 21.7. The molecule has 0 heterocycles. The number of ether oxygens (including phenoxy) is 4. The summed E-state index contributed by atoms with van der Waals surface area (Å²) < 4.78 is 25.0. The second-order valence-corrected chi connectivity index (χ2v) is 13.2. The highest BCUT2D eigenvalue weighted by molar-refractivity contribution is 5.97. The normalized spacial score (nSPS) is 11.1. The van der Waals surface area contributed by atoms with Crippen LogP contribution in [0.15, 0.2) is 0 Å². The molecule has 274 valence electrons. The number of carbonyl (C=O) groups is 1. The van der Waals surface area contributed by atoms with Crippen molar-refractivity contribution in [3.8, 4) is 28.7 Å². The molecule has 0 bridgehead atoms. The van der Waals surface area contributed by atoms with Gasteiger partial charge in [-0.05, 0) is 25.7 Å². The second kappa shape index (κ2) is 29.8. The van der Waals surface area contributed by atoms with Crippen molar-refractivity contribution in [2.75, 3.05) is 26.4 Å². The molecular weight excluding hydrogens is 592 g/mol. The predicted molar refractivity (Wildman–Crippen MR) is 195 cm³/mol. The highest BCUT2D eigenvalue weighted by atomic mass is 16.6. The third kappa shape index (κ3) is 19.3. The maximum absolute atomic E-state index is 12.6. The molecule has 0 aliphatic rings. The Morgan fingerprint density at radius 3 is 1.00 bits per heavy atom. The topological polar surface area (TPSA) is 94.5 Å². The maximum Gasteiger partial charge on any atom is 0.343 e. The van der Waals surface area contributed by atoms with Gasteiger partial charge in [-0.15, -0.1) is 0 Å². The van der Waals surface area contributed by atoms with Crippen molar-refractivity contribution in [2.45, 2.75) is 188 Å². The second-order valence-electron chi connectivity index (χ2n) is 13.2. The molecule has 0 spiro atoms. The first-order valence-electron chi connectivity index (χ1n) is 19.7. The molecule has 0 atom stereocenters. The van der Waals surface area contributed by atoms with Gasteiger partial charge >= 0.3 is 5.97 Å². The van der Waals surface area contributed by atoms with E-state index in [0.29, 0.717) is 26.4 Å². The molecule has 0 saturated carbocycles. The van der Waals surface area contributed by atoms with Crippen LogP contribution in [-0.2, 0) is 0 Å². The minimum atomic E-state index is -1.27. The van der Waals surface area contributed by atoms with Crippen LogP contribution in [0.3, 0.4) is 0 Å². The largest absolute Gasteiger partial charge is 0.503 e. The number of benzene rings is 1. The van der Waals surface area contributed by atoms with Gasteiger partial charge in [-0.3, -0.25) is 0 Å². The zero-order chi connectivity index (χ0) is 34.4. The van der Waals surface area contributed by atoms with E-state index in [1.54, 1.807) is 0 Å². The van der Waals surface area contributed by atoms with Crippen LogP contribution >= 0.6 is 0 Å². The van der Waals surface area contributed by atoms with Crippen LogP contribution in [0.2, 0.25) is 0 Å². The Balaban J connectivity index is 3.24. The van der Waals surface area contributed by atoms with Crippen molar-refractivity contribution in [3.05, 3.63) is 5.56 Å². The van der Waals surface area contributed by atoms with Crippen molar-refractivity contribution in [1.82, 2.24) is 0 Å². The zero-order valence-electron chi connectivity index (χ0n) is 30.9. The van der Waals surface area contributed by atoms with Gasteiger partial charge in [0.25, 0.3) is 0 Å². The summed E-state index contributed by atoms with van der Waals surface area (Å²) in [6, 6.07) is 0. The van der Waals surface area contributed by atoms with Crippen molar-refractivity contribution >= 4 is 5.97 Å². The van der Waals surface area contributed by atoms with Crippen LogP contribution in [0.4, 0.5) is 0 Å². The Kier molecular flexibility index (Phi) is 27.1. The summed E-state index contributed by atoms with van der Waals surface area (Å²) in [5.41, 5.74) is -0.311. The smallest absolute Gasteiger partial charge is 0.343 e. The predicted octanol–water partition coefficient (Wildman–Crippen LogP) is 12.4. The molecule has 0 radical (unpaired) electrons. The molecule has 47 heavy (non-hydrogen) atoms. The SMILES string of the molecule is CCCCCCCCCOc1c(OCCCCCC)c(O)c(C(=O)O)c(OCCCCCCCCC)c1OCCCCCCCCC. The highest BCUT2D eigenvalue weighted by Crippen LogP contribution is 2.53. The number of carboxylic acid groups (broad SMARTS) is 1. The van der Waals surface area contributed by atoms with E-state index in [2.05, 4.69) is 27.7 Å². The Labute approximate surface area is 288 Å². The molecule has 1 aromatic carbocycles. The van der Waals surface area contributed by atoms with Crippen molar-refractivity contribution in [3.63, 3.8) is 0 Å². The quantitative estimate of drug-likeness (QED) is 0.0708. The first-order chi connectivity index (χ1) is 23.0. The van der Waals surface area contributed by atoms with Gasteiger partial charge in [0, 0.05) is 0 Å². The number of aromatic carboxylic acids is 1. The molecule has 0 aliphatic carbocycles. The summed E-state index contributed by atoms with van der Waals surface area (Å²) in [5.74, 6) is -1.09. The monoisotopic (exact) mass is 665 g/mol. The number of carboxylic acids is 1. The van der Waals surface area contributed by atoms with Gasteiger partial charge in [-0.25, -0.2) is 4.79 Å². The van der Waals surface area contributed by atoms with Crippen LogP contribution in [0.25, 0.3) is 0 Å². The van der Waals surface area contributed by atoms with Gasteiger partial charge in [-0.2, -0.15) is 0 Å². The molecule has 0 aromatic heterocycles. The number of hydrogen-bond donors (Lipinski definition) is 2. The Morgan fingerprint density at radius 2 is 0.660 bits per heavy atom. The lowest BCUT2D eigenvalue weighted by molar-refractivity contribution is 0.0685. The summed E-state index contributed by atoms with van der Waals surface area (Å²) in [6.07, 6.45) is 27.9. The van der Waals surface area contributed by atoms with Crippen LogP contribution < -0.4 is 18.9 Å². The lowest BCUT2D eigenvalue weighted by Crippen LogP contribution is -2.13. The molecule has 0 aliphatic heterocycles. The minimum absolute atomic E-state index is 0.0526. The lowest BCUT2D eigenvalue weighted by Gasteiger charge is -2.23. The molecule has 7 heteroatoms. The van der Waals surface area contributed by atoms with Crippen molar-refractivity contribution < 1.29 is 34.0 Å². The number of unbranched alkanes of at least 4 members (excludes halogenated alkanes) is 21. The summed E-state index contributed by atoms with van der Waals surface area (Å²) in [7, 11) is 0. The summed E-state index contributed by atoms with van der Waals surface area (Å²) in [4.78, 5) is 12.6. The van der Waals surface area contributed by atoms with Gasteiger partial charge in [0.05, 0.1) is 26.4 Å². The van der Waals surface area contributed by atoms with Gasteiger partial charge in [-0.1, -0.05) is 163 Å². The fraction of sp³-hybridized carbons (Fsp3) is 0.825. The van der Waals surface area contributed by atoms with E-state index in [9.17, 15) is 15.0 Å². The molecule has 0 saturated heterocycles. The zero-order valence-corrected chi connectivity index (χ0v) is 30.9. The number of hydrogen-bond acceptors (Lipinski definition) is 6. The van der Waals surface area contributed by atoms with Crippen LogP contribution in [0, 0.1) is 0 Å². The molecule has 1 aromatic rings. The minimum Gasteiger partial charge on any atom is -0.503 e. The van der Waals surface area contributed by atoms with Crippen molar-refractivity contribution in [2.24, 2.45) is 0 Å². The molecule has 0 amide bonds. The first-order valence-corrected chi connectivity index (χ1v) is 19.7. The summed E-state index contributed by atoms with van der Waals surface area (Å²) in [6.45, 7) is 10.4. The fourth-order valence-corrected chi connectivity index (χ4v) is 5.78. The maximum atomic E-state index is 12.6. The Hall–Kier alpha value is -2.31. The highest BCUT2D eigenvalue weighted by Gasteiger charge is 2.32. The average Bonchev–Trinajstić information content (AvgIpc) is 3.06. The van der Waals surface area contributed by atoms with E-state index in [-0.39, 0.29) is 28.6 Å². The van der Waals surface area contributed by atoms with E-state index in [0.717, 1.165) is 83.5 Å². The number of phenols is 1. The average molecular weight is 665 g/mol. The standard InChI is InChI=1S/C40H72O7/c1-5-9-13-17-20-23-27-30-44-36-34(40(42)43)35(41)37(45-31-26-16-12-8-4)39(47-33-29-25-22-19-15-11-7-3)38(36)46-32-28-24-21-18-14-10-6-2/h41H,5-33H2,1-4H3,(H,42,43). The fourth-order valence-electron chi connectivity index (χ4n) is 5.78. The molecular formula is C40H72O7. The number of aromatic hydroxyl groups is 1. The van der Waals surface area contributed by atoms with Gasteiger partial charge < -0.3 is 29.2 Å². The molecule has 0 unspecified atom stereocenters. The van der Waals surface area contributed by atoms with Gasteiger partial charge in [0.1, 0.15) is 0 Å². The third-order valence-electron chi connectivity index (χ3n) is 8.74. The van der Waals surface area contributed by atoms with Gasteiger partial charge in [0.15, 0.2) is 17.1 Å². The molecule has 1 rings (SSSR count). The molecule has 0 fully saturated rings. The Morgan fingerprint density at radius 1 is 0.404 bits per heavy atom. The third-order valence-corrected chi connectivity index (χ3v) is 8.74. The van der Waals surface area contributed by atoms with E-state index in [1.165, 1.54) is 77.0 Å². The lowest BCUT2D eigenvalue weighted by atomic mass is 10.1. The number of rotatable bonds is 34. The van der Waals surface area contributed by atoms with Crippen LogP contribution in [0.1, 0.15) is 199 Å². The first kappa shape index (κ1) is 42.7. The van der Waals surface area contributed by atoms with Gasteiger partial charge in [0.2, 0.25) is 17.2 Å². The van der Waals surface area contributed by atoms with E-state index >= 15 is 0 Å². The van der Waals surface area contributed by atoms with Crippen LogP contribution in [-0.4, -0.2) is 42.6 Å².